The van der Waals surface area contributed by atoms with Gasteiger partial charge in [0.05, 0.1) is 6.61 Å². The molecule has 19 heavy (non-hydrogen) atoms. The molecular formula is C14H22N2O3. The fraction of sp³-hybridized carbons (Fsp3) is 0.571. The van der Waals surface area contributed by atoms with E-state index in [1.807, 2.05) is 0 Å². The number of hydrogen-bond donors (Lipinski definition) is 1. The predicted octanol–water partition coefficient (Wildman–Crippen LogP) is 1.01. The Morgan fingerprint density at radius 1 is 1.32 bits per heavy atom. The molecule has 0 aliphatic heterocycles. The van der Waals surface area contributed by atoms with Gasteiger partial charge >= 0.3 is 0 Å². The minimum absolute atomic E-state index is 0.0708. The summed E-state index contributed by atoms with van der Waals surface area (Å²) in [5, 5.41) is 9.05. The number of unbranched alkanes of at least 4 members (excludes halogenated alkanes) is 2. The second-order valence-electron chi connectivity index (χ2n) is 4.53. The average Bonchev–Trinajstić information content (AvgIpc) is 2.40. The van der Waals surface area contributed by atoms with Gasteiger partial charge in [-0.2, -0.15) is 0 Å². The number of carbonyl (C=O) groups excluding carboxylic acids is 1. The van der Waals surface area contributed by atoms with Crippen LogP contribution in [0.1, 0.15) is 36.7 Å². The molecule has 0 aliphatic carbocycles. The molecule has 0 fully saturated rings. The number of amides is 1. The number of pyridine rings is 1. The van der Waals surface area contributed by atoms with Crippen LogP contribution >= 0.6 is 0 Å². The molecule has 1 aromatic rings. The Hall–Kier alpha value is -1.62. The second kappa shape index (κ2) is 7.74. The maximum atomic E-state index is 12.4. The van der Waals surface area contributed by atoms with Crippen LogP contribution < -0.4 is 5.56 Å². The van der Waals surface area contributed by atoms with Gasteiger partial charge < -0.3 is 14.6 Å². The topological polar surface area (TPSA) is 62.5 Å². The fourth-order valence-electron chi connectivity index (χ4n) is 1.93. The lowest BCUT2D eigenvalue weighted by atomic mass is 10.2. The number of aromatic nitrogens is 1. The van der Waals surface area contributed by atoms with Gasteiger partial charge in [0.1, 0.15) is 5.69 Å². The molecule has 0 atom stereocenters. The molecule has 1 N–H and O–H groups in total. The first-order chi connectivity index (χ1) is 9.11. The number of hydrogen-bond acceptors (Lipinski definition) is 3. The molecule has 1 aromatic heterocycles. The third-order valence-corrected chi connectivity index (χ3v) is 3.09. The number of aliphatic hydroxyl groups is 1. The van der Waals surface area contributed by atoms with E-state index in [1.165, 1.54) is 10.6 Å². The van der Waals surface area contributed by atoms with E-state index >= 15 is 0 Å². The summed E-state index contributed by atoms with van der Waals surface area (Å²) in [5.41, 5.74) is 0.154. The van der Waals surface area contributed by atoms with Gasteiger partial charge in [-0.15, -0.1) is 0 Å². The van der Waals surface area contributed by atoms with Gasteiger partial charge in [-0.25, -0.2) is 0 Å². The van der Waals surface area contributed by atoms with Gasteiger partial charge in [-0.3, -0.25) is 9.59 Å². The zero-order valence-electron chi connectivity index (χ0n) is 11.6. The highest BCUT2D eigenvalue weighted by Gasteiger charge is 2.17. The van der Waals surface area contributed by atoms with Crippen molar-refractivity contribution in [1.82, 2.24) is 9.47 Å². The molecule has 1 amide bonds. The van der Waals surface area contributed by atoms with Gasteiger partial charge in [0, 0.05) is 26.2 Å². The van der Waals surface area contributed by atoms with Gasteiger partial charge in [0.2, 0.25) is 0 Å². The van der Waals surface area contributed by atoms with Crippen molar-refractivity contribution in [3.8, 4) is 0 Å². The number of rotatable bonds is 7. The first-order valence-electron chi connectivity index (χ1n) is 6.68. The Labute approximate surface area is 113 Å². The molecule has 0 radical (unpaired) electrons. The van der Waals surface area contributed by atoms with E-state index in [1.54, 1.807) is 24.1 Å². The maximum Gasteiger partial charge on any atom is 0.270 e. The van der Waals surface area contributed by atoms with Gasteiger partial charge in [0.25, 0.3) is 11.5 Å². The van der Waals surface area contributed by atoms with Crippen molar-refractivity contribution in [1.29, 1.82) is 0 Å². The lowest BCUT2D eigenvalue weighted by Gasteiger charge is -2.22. The summed E-state index contributed by atoms with van der Waals surface area (Å²) in [5.74, 6) is -0.203. The summed E-state index contributed by atoms with van der Waals surface area (Å²) in [6.07, 6.45) is 3.02. The van der Waals surface area contributed by atoms with E-state index in [4.69, 9.17) is 5.11 Å². The summed E-state index contributed by atoms with van der Waals surface area (Å²) in [7, 11) is 1.58. The third kappa shape index (κ3) is 4.21. The van der Waals surface area contributed by atoms with Gasteiger partial charge in [-0.1, -0.05) is 25.8 Å². The minimum atomic E-state index is -0.205. The third-order valence-electron chi connectivity index (χ3n) is 3.09. The van der Waals surface area contributed by atoms with Gasteiger partial charge in [0.15, 0.2) is 0 Å². The molecular weight excluding hydrogens is 244 g/mol. The molecule has 0 spiro atoms. The number of aliphatic hydroxyl groups excluding tert-OH is 1. The quantitative estimate of drug-likeness (QED) is 0.749. The zero-order chi connectivity index (χ0) is 14.3. The summed E-state index contributed by atoms with van der Waals surface area (Å²) in [6.45, 7) is 2.93. The number of carbonyl (C=O) groups is 1. The molecule has 0 aromatic carbocycles. The second-order valence-corrected chi connectivity index (χ2v) is 4.53. The highest BCUT2D eigenvalue weighted by Crippen LogP contribution is 2.05. The van der Waals surface area contributed by atoms with Crippen LogP contribution in [0.5, 0.6) is 0 Å². The Morgan fingerprint density at radius 3 is 2.68 bits per heavy atom. The Morgan fingerprint density at radius 2 is 2.05 bits per heavy atom. The first-order valence-corrected chi connectivity index (χ1v) is 6.68. The molecule has 5 nitrogen and oxygen atoms in total. The van der Waals surface area contributed by atoms with Crippen molar-refractivity contribution in [3.05, 3.63) is 34.2 Å². The minimum Gasteiger partial charge on any atom is -0.395 e. The summed E-state index contributed by atoms with van der Waals surface area (Å²) in [6, 6.07) is 4.64. The summed E-state index contributed by atoms with van der Waals surface area (Å²) < 4.78 is 1.34. The first kappa shape index (κ1) is 15.4. The Balaban J connectivity index is 2.86. The zero-order valence-corrected chi connectivity index (χ0v) is 11.6. The predicted molar refractivity (Wildman–Crippen MR) is 74.2 cm³/mol. The molecule has 1 heterocycles. The molecule has 0 unspecified atom stereocenters. The van der Waals surface area contributed by atoms with Crippen molar-refractivity contribution in [2.75, 3.05) is 19.7 Å². The van der Waals surface area contributed by atoms with E-state index in [9.17, 15) is 9.59 Å². The van der Waals surface area contributed by atoms with Crippen LogP contribution in [0.25, 0.3) is 0 Å². The van der Waals surface area contributed by atoms with Crippen LogP contribution in [-0.2, 0) is 7.05 Å². The fourth-order valence-corrected chi connectivity index (χ4v) is 1.93. The van der Waals surface area contributed by atoms with Crippen LogP contribution in [0.4, 0.5) is 0 Å². The monoisotopic (exact) mass is 266 g/mol. The molecule has 0 aliphatic rings. The standard InChI is InChI=1S/C14H22N2O3/c1-3-4-5-9-16(10-11-17)14(19)12-7-6-8-13(18)15(12)2/h6-8,17H,3-5,9-11H2,1-2H3. The Kier molecular flexibility index (Phi) is 6.29. The Bertz CT molecular complexity index is 468. The van der Waals surface area contributed by atoms with Crippen molar-refractivity contribution in [2.24, 2.45) is 7.05 Å². The summed E-state index contributed by atoms with van der Waals surface area (Å²) >= 11 is 0. The van der Waals surface area contributed by atoms with Crippen LogP contribution in [0.2, 0.25) is 0 Å². The van der Waals surface area contributed by atoms with Gasteiger partial charge in [-0.05, 0) is 12.5 Å². The highest BCUT2D eigenvalue weighted by molar-refractivity contribution is 5.92. The molecule has 5 heteroatoms. The summed E-state index contributed by atoms with van der Waals surface area (Å²) in [4.78, 5) is 25.5. The molecule has 0 saturated heterocycles. The van der Waals surface area contributed by atoms with Crippen LogP contribution in [0, 0.1) is 0 Å². The van der Waals surface area contributed by atoms with E-state index in [2.05, 4.69) is 6.92 Å². The molecule has 0 bridgehead atoms. The molecule has 1 rings (SSSR count). The lowest BCUT2D eigenvalue weighted by Crippen LogP contribution is -2.37. The highest BCUT2D eigenvalue weighted by atomic mass is 16.3. The SMILES string of the molecule is CCCCCN(CCO)C(=O)c1cccc(=O)n1C. The largest absolute Gasteiger partial charge is 0.395 e. The van der Waals surface area contributed by atoms with Crippen molar-refractivity contribution < 1.29 is 9.90 Å². The van der Waals surface area contributed by atoms with E-state index in [0.29, 0.717) is 18.8 Å². The van der Waals surface area contributed by atoms with Crippen molar-refractivity contribution in [3.63, 3.8) is 0 Å². The van der Waals surface area contributed by atoms with E-state index in [0.717, 1.165) is 19.3 Å². The van der Waals surface area contributed by atoms with E-state index in [-0.39, 0.29) is 18.1 Å². The number of nitrogens with zero attached hydrogens (tertiary/aromatic N) is 2. The maximum absolute atomic E-state index is 12.4. The van der Waals surface area contributed by atoms with Crippen molar-refractivity contribution >= 4 is 5.91 Å². The normalized spacial score (nSPS) is 10.5. The molecule has 0 saturated carbocycles. The van der Waals surface area contributed by atoms with Crippen LogP contribution in [0.3, 0.4) is 0 Å². The van der Waals surface area contributed by atoms with Crippen molar-refractivity contribution in [2.45, 2.75) is 26.2 Å². The van der Waals surface area contributed by atoms with E-state index < -0.39 is 0 Å². The van der Waals surface area contributed by atoms with Crippen LogP contribution in [0.15, 0.2) is 23.0 Å². The smallest absolute Gasteiger partial charge is 0.270 e. The average molecular weight is 266 g/mol. The lowest BCUT2D eigenvalue weighted by molar-refractivity contribution is 0.0707. The van der Waals surface area contributed by atoms with Crippen LogP contribution in [-0.4, -0.2) is 40.2 Å². The molecule has 106 valence electrons.